The fraction of sp³-hybridized carbons (Fsp3) is 0.312. The molecule has 2 heterocycles. The third kappa shape index (κ3) is 4.00. The Bertz CT molecular complexity index is 775. The molecule has 1 unspecified atom stereocenters. The van der Waals surface area contributed by atoms with Crippen LogP contribution in [0.2, 0.25) is 0 Å². The maximum atomic E-state index is 12.8. The standard InChI is InChI=1S/C16H16F2N4OS/c1-11(12-5-3-2-4-6-12)9-14-20-21-16(23-14)24-10-13-19-7-8-22(13)15(17)18/h2-8,11,15H,9-10H2,1H3. The maximum absolute atomic E-state index is 12.8. The predicted octanol–water partition coefficient (Wildman–Crippen LogP) is 4.30. The van der Waals surface area contributed by atoms with Crippen molar-refractivity contribution in [3.05, 3.63) is 60.0 Å². The molecule has 0 aliphatic carbocycles. The average molecular weight is 350 g/mol. The molecule has 0 aliphatic heterocycles. The molecule has 8 heteroatoms. The molecule has 126 valence electrons. The molecule has 0 saturated carbocycles. The van der Waals surface area contributed by atoms with E-state index in [2.05, 4.69) is 34.2 Å². The molecule has 1 atom stereocenters. The second-order valence-electron chi connectivity index (χ2n) is 5.29. The topological polar surface area (TPSA) is 56.7 Å². The normalized spacial score (nSPS) is 12.7. The number of aromatic nitrogens is 4. The molecule has 1 aromatic carbocycles. The van der Waals surface area contributed by atoms with Gasteiger partial charge in [-0.25, -0.2) is 4.98 Å². The second-order valence-corrected chi connectivity index (χ2v) is 6.22. The number of alkyl halides is 2. The number of imidazole rings is 1. The van der Waals surface area contributed by atoms with E-state index < -0.39 is 6.55 Å². The molecule has 5 nitrogen and oxygen atoms in total. The average Bonchev–Trinajstić information content (AvgIpc) is 3.22. The van der Waals surface area contributed by atoms with E-state index in [4.69, 9.17) is 4.42 Å². The van der Waals surface area contributed by atoms with Gasteiger partial charge in [-0.15, -0.1) is 10.2 Å². The number of benzene rings is 1. The van der Waals surface area contributed by atoms with Gasteiger partial charge in [0.25, 0.3) is 5.22 Å². The Morgan fingerprint density at radius 1 is 1.21 bits per heavy atom. The lowest BCUT2D eigenvalue weighted by molar-refractivity contribution is 0.0678. The summed E-state index contributed by atoms with van der Waals surface area (Å²) in [4.78, 5) is 3.92. The summed E-state index contributed by atoms with van der Waals surface area (Å²) in [6.07, 6.45) is 3.23. The highest BCUT2D eigenvalue weighted by Gasteiger charge is 2.15. The van der Waals surface area contributed by atoms with Crippen LogP contribution >= 0.6 is 11.8 Å². The van der Waals surface area contributed by atoms with Crippen LogP contribution in [0.15, 0.2) is 52.4 Å². The minimum absolute atomic E-state index is 0.243. The largest absolute Gasteiger partial charge is 0.416 e. The van der Waals surface area contributed by atoms with Crippen molar-refractivity contribution in [3.8, 4) is 0 Å². The number of hydrogen-bond donors (Lipinski definition) is 0. The van der Waals surface area contributed by atoms with Crippen LogP contribution in [0.4, 0.5) is 8.78 Å². The first-order valence-corrected chi connectivity index (χ1v) is 8.42. The Labute approximate surface area is 142 Å². The Balaban J connectivity index is 1.58. The molecule has 0 amide bonds. The summed E-state index contributed by atoms with van der Waals surface area (Å²) in [6.45, 7) is -0.515. The van der Waals surface area contributed by atoms with Crippen LogP contribution in [0.5, 0.6) is 0 Å². The van der Waals surface area contributed by atoms with Gasteiger partial charge in [0, 0.05) is 18.8 Å². The maximum Gasteiger partial charge on any atom is 0.319 e. The molecule has 0 aliphatic rings. The minimum Gasteiger partial charge on any atom is -0.416 e. The number of halogens is 2. The van der Waals surface area contributed by atoms with Crippen molar-refractivity contribution in [3.63, 3.8) is 0 Å². The summed E-state index contributed by atoms with van der Waals surface area (Å²) in [5.74, 6) is 1.30. The summed E-state index contributed by atoms with van der Waals surface area (Å²) in [5.41, 5.74) is 1.20. The van der Waals surface area contributed by atoms with E-state index in [0.29, 0.717) is 17.5 Å². The quantitative estimate of drug-likeness (QED) is 0.595. The Morgan fingerprint density at radius 3 is 2.75 bits per heavy atom. The van der Waals surface area contributed by atoms with E-state index in [-0.39, 0.29) is 17.5 Å². The van der Waals surface area contributed by atoms with Gasteiger partial charge < -0.3 is 4.42 Å². The van der Waals surface area contributed by atoms with Gasteiger partial charge in [0.05, 0.1) is 5.75 Å². The van der Waals surface area contributed by atoms with Gasteiger partial charge in [0.2, 0.25) is 5.89 Å². The van der Waals surface area contributed by atoms with Crippen molar-refractivity contribution in [1.82, 2.24) is 19.7 Å². The molecule has 2 aromatic heterocycles. The zero-order valence-electron chi connectivity index (χ0n) is 13.0. The van der Waals surface area contributed by atoms with Crippen LogP contribution < -0.4 is 0 Å². The molecular weight excluding hydrogens is 334 g/mol. The van der Waals surface area contributed by atoms with E-state index in [0.717, 1.165) is 4.57 Å². The van der Waals surface area contributed by atoms with Crippen molar-refractivity contribution in [2.75, 3.05) is 0 Å². The predicted molar refractivity (Wildman–Crippen MR) is 85.9 cm³/mol. The molecular formula is C16H16F2N4OS. The lowest BCUT2D eigenvalue weighted by Crippen LogP contribution is -2.01. The van der Waals surface area contributed by atoms with Crippen LogP contribution in [0.1, 0.15) is 36.7 Å². The van der Waals surface area contributed by atoms with E-state index in [1.807, 2.05) is 18.2 Å². The van der Waals surface area contributed by atoms with Crippen molar-refractivity contribution in [2.24, 2.45) is 0 Å². The SMILES string of the molecule is CC(Cc1nnc(SCc2nccn2C(F)F)o1)c1ccccc1. The molecule has 3 aromatic rings. The highest BCUT2D eigenvalue weighted by atomic mass is 32.2. The first-order chi connectivity index (χ1) is 11.6. The van der Waals surface area contributed by atoms with Crippen LogP contribution in [0.3, 0.4) is 0 Å². The minimum atomic E-state index is -2.60. The van der Waals surface area contributed by atoms with Gasteiger partial charge in [-0.2, -0.15) is 8.78 Å². The summed E-state index contributed by atoms with van der Waals surface area (Å²) in [6, 6.07) is 10.1. The molecule has 0 saturated heterocycles. The van der Waals surface area contributed by atoms with Crippen LogP contribution in [0.25, 0.3) is 0 Å². The zero-order valence-corrected chi connectivity index (χ0v) is 13.8. The van der Waals surface area contributed by atoms with Crippen LogP contribution in [-0.2, 0) is 12.2 Å². The van der Waals surface area contributed by atoms with Crippen molar-refractivity contribution in [2.45, 2.75) is 36.8 Å². The number of hydrogen-bond acceptors (Lipinski definition) is 5. The van der Waals surface area contributed by atoms with E-state index >= 15 is 0 Å². The van der Waals surface area contributed by atoms with Gasteiger partial charge in [-0.1, -0.05) is 49.0 Å². The Hall–Kier alpha value is -2.22. The molecule has 0 N–H and O–H groups in total. The second kappa shape index (κ2) is 7.57. The molecule has 24 heavy (non-hydrogen) atoms. The van der Waals surface area contributed by atoms with Gasteiger partial charge in [-0.3, -0.25) is 4.57 Å². The number of nitrogens with zero attached hydrogens (tertiary/aromatic N) is 4. The summed E-state index contributed by atoms with van der Waals surface area (Å²) < 4.78 is 31.9. The molecule has 0 fully saturated rings. The number of thioether (sulfide) groups is 1. The van der Waals surface area contributed by atoms with Gasteiger partial charge in [0.1, 0.15) is 5.82 Å². The third-order valence-corrected chi connectivity index (χ3v) is 4.40. The van der Waals surface area contributed by atoms with Crippen LogP contribution in [-0.4, -0.2) is 19.7 Å². The van der Waals surface area contributed by atoms with E-state index in [1.165, 1.54) is 29.7 Å². The lowest BCUT2D eigenvalue weighted by Gasteiger charge is -2.08. The molecule has 0 spiro atoms. The van der Waals surface area contributed by atoms with Gasteiger partial charge in [0.15, 0.2) is 0 Å². The third-order valence-electron chi connectivity index (χ3n) is 3.58. The fourth-order valence-electron chi connectivity index (χ4n) is 2.30. The monoisotopic (exact) mass is 350 g/mol. The number of rotatable bonds is 7. The summed E-state index contributed by atoms with van der Waals surface area (Å²) >= 11 is 1.20. The first-order valence-electron chi connectivity index (χ1n) is 7.43. The van der Waals surface area contributed by atoms with Crippen molar-refractivity contribution < 1.29 is 13.2 Å². The van der Waals surface area contributed by atoms with Crippen molar-refractivity contribution in [1.29, 1.82) is 0 Å². The van der Waals surface area contributed by atoms with Gasteiger partial charge in [-0.05, 0) is 11.5 Å². The highest BCUT2D eigenvalue weighted by molar-refractivity contribution is 7.98. The lowest BCUT2D eigenvalue weighted by atomic mass is 9.98. The Morgan fingerprint density at radius 2 is 2.00 bits per heavy atom. The molecule has 3 rings (SSSR count). The summed E-state index contributed by atoms with van der Waals surface area (Å²) in [7, 11) is 0. The van der Waals surface area contributed by atoms with Crippen LogP contribution in [0, 0.1) is 0 Å². The fourth-order valence-corrected chi connectivity index (χ4v) is 3.03. The van der Waals surface area contributed by atoms with Gasteiger partial charge >= 0.3 is 6.55 Å². The zero-order chi connectivity index (χ0) is 16.9. The first kappa shape index (κ1) is 16.6. The van der Waals surface area contributed by atoms with E-state index in [9.17, 15) is 8.78 Å². The Kier molecular flexibility index (Phi) is 5.24. The highest BCUT2D eigenvalue weighted by Crippen LogP contribution is 2.25. The van der Waals surface area contributed by atoms with E-state index in [1.54, 1.807) is 0 Å². The van der Waals surface area contributed by atoms with Crippen molar-refractivity contribution >= 4 is 11.8 Å². The molecule has 0 radical (unpaired) electrons. The smallest absolute Gasteiger partial charge is 0.319 e. The summed E-state index contributed by atoms with van der Waals surface area (Å²) in [5, 5.41) is 8.34. The molecule has 0 bridgehead atoms.